The molecule has 404 valence electrons. The molecule has 1 amide bonds. The fourth-order valence-corrected chi connectivity index (χ4v) is 11.9. The third-order valence-corrected chi connectivity index (χ3v) is 15.6. The van der Waals surface area contributed by atoms with E-state index in [-0.39, 0.29) is 68.5 Å². The van der Waals surface area contributed by atoms with Gasteiger partial charge in [0.1, 0.15) is 29.9 Å². The van der Waals surface area contributed by atoms with E-state index in [0.717, 1.165) is 57.5 Å². The first-order valence-corrected chi connectivity index (χ1v) is 26.9. The van der Waals surface area contributed by atoms with Crippen molar-refractivity contribution in [3.05, 3.63) is 225 Å². The Labute approximate surface area is 458 Å². The van der Waals surface area contributed by atoms with E-state index in [4.69, 9.17) is 24.2 Å². The lowest BCUT2D eigenvalue weighted by atomic mass is 9.55. The summed E-state index contributed by atoms with van der Waals surface area (Å²) in [5.74, 6) is -1.33. The van der Waals surface area contributed by atoms with E-state index >= 15 is 4.79 Å². The Hall–Kier alpha value is -8.50. The molecule has 7 aromatic rings. The first-order valence-electron chi connectivity index (χ1n) is 26.9. The quantitative estimate of drug-likeness (QED) is 0.0203. The van der Waals surface area contributed by atoms with Gasteiger partial charge in [0.05, 0.1) is 28.1 Å². The number of aliphatic hydroxyl groups excluding tert-OH is 2. The SMILES string of the molecule is C=CCOC12Oc3ccc(Oc4ccc5ccccc5c4)cc3C3C(CCCCO)C(CCCCO)C=C(C(=NOCc4ccc([N+](=O)[O-])cc4)CC1N(Cc1cccc4ccccc14)C(=O)C=Cc1ccc([N+](=O)[O-])cc1)C32. The van der Waals surface area contributed by atoms with Crippen molar-refractivity contribution in [2.75, 3.05) is 19.8 Å². The summed E-state index contributed by atoms with van der Waals surface area (Å²) in [4.78, 5) is 46.0. The number of unbranched alkanes of at least 4 members (excludes halogenated alkanes) is 2. The minimum Gasteiger partial charge on any atom is -0.459 e. The number of allylic oxidation sites excluding steroid dienone is 1. The molecule has 3 aliphatic rings. The van der Waals surface area contributed by atoms with Gasteiger partial charge in [-0.1, -0.05) is 103 Å². The van der Waals surface area contributed by atoms with Crippen LogP contribution in [0, 0.1) is 38.0 Å². The number of rotatable bonds is 23. The van der Waals surface area contributed by atoms with Crippen molar-refractivity contribution in [3.63, 3.8) is 0 Å². The third kappa shape index (κ3) is 11.7. The molecule has 79 heavy (non-hydrogen) atoms. The highest BCUT2D eigenvalue weighted by atomic mass is 16.7. The molecule has 6 unspecified atom stereocenters. The number of nitro benzene ring substituents is 2. The highest BCUT2D eigenvalue weighted by molar-refractivity contribution is 6.03. The van der Waals surface area contributed by atoms with E-state index in [1.165, 1.54) is 30.3 Å². The number of nitro groups is 2. The van der Waals surface area contributed by atoms with Crippen LogP contribution in [0.2, 0.25) is 0 Å². The molecule has 0 aromatic heterocycles. The van der Waals surface area contributed by atoms with Crippen LogP contribution in [-0.2, 0) is 27.5 Å². The molecule has 2 N–H and O–H groups in total. The molecule has 0 radical (unpaired) electrons. The maximum atomic E-state index is 15.6. The molecule has 10 rings (SSSR count). The monoisotopic (exact) mass is 1060 g/mol. The number of carbonyl (C=O) groups excluding carboxylic acids is 1. The Morgan fingerprint density at radius 2 is 1.44 bits per heavy atom. The fraction of sp³-hybridized carbons (Fsp3) is 0.281. The highest BCUT2D eigenvalue weighted by Gasteiger charge is 2.65. The second-order valence-corrected chi connectivity index (χ2v) is 20.4. The Balaban J connectivity index is 1.17. The Bertz CT molecular complexity index is 3450. The number of benzene rings is 7. The van der Waals surface area contributed by atoms with E-state index in [1.807, 2.05) is 91.0 Å². The van der Waals surface area contributed by atoms with Gasteiger partial charge >= 0.3 is 0 Å². The number of amides is 1. The molecule has 6 atom stereocenters. The number of non-ortho nitro benzene ring substituents is 2. The number of nitrogens with zero attached hydrogens (tertiary/aromatic N) is 4. The number of hydrogen-bond donors (Lipinski definition) is 2. The number of fused-ring (bicyclic) bond motifs is 4. The molecule has 7 aromatic carbocycles. The van der Waals surface area contributed by atoms with Gasteiger partial charge in [-0.05, 0) is 142 Å². The van der Waals surface area contributed by atoms with Crippen molar-refractivity contribution in [1.29, 1.82) is 0 Å². The van der Waals surface area contributed by atoms with E-state index in [9.17, 15) is 30.4 Å². The van der Waals surface area contributed by atoms with Gasteiger partial charge < -0.3 is 34.2 Å². The van der Waals surface area contributed by atoms with Crippen molar-refractivity contribution >= 4 is 50.6 Å². The van der Waals surface area contributed by atoms with Crippen LogP contribution in [0.15, 0.2) is 187 Å². The first kappa shape index (κ1) is 53.9. The van der Waals surface area contributed by atoms with E-state index in [2.05, 4.69) is 24.8 Å². The van der Waals surface area contributed by atoms with Gasteiger partial charge in [-0.25, -0.2) is 0 Å². The Morgan fingerprint density at radius 1 is 0.772 bits per heavy atom. The van der Waals surface area contributed by atoms with Crippen molar-refractivity contribution in [2.24, 2.45) is 22.9 Å². The Morgan fingerprint density at radius 3 is 2.18 bits per heavy atom. The van der Waals surface area contributed by atoms with Gasteiger partial charge in [-0.3, -0.25) is 25.0 Å². The summed E-state index contributed by atoms with van der Waals surface area (Å²) >= 11 is 0. The average molecular weight is 1060 g/mol. The number of hydrogen-bond acceptors (Lipinski definition) is 12. The molecule has 2 aliphatic carbocycles. The minimum atomic E-state index is -1.61. The van der Waals surface area contributed by atoms with E-state index in [0.29, 0.717) is 53.3 Å². The summed E-state index contributed by atoms with van der Waals surface area (Å²) in [6, 6.07) is 45.1. The standard InChI is InChI=1S/C64H62N4O11/c1-2-36-76-64-60(66(41-49-17-11-16-46-13-5-6-18-54(46)49)61(71)33-24-43-20-26-50(27-21-43)67(72)73)40-58(65-77-42-44-22-28-51(29-23-44)68(74)75)56-38-48(15-7-9-34-69)55(19-8-10-35-70)62(63(56)64)57-39-53(31-32-59(57)79-64)78-52-30-25-45-12-3-4-14-47(45)37-52/h2-6,11-14,16-18,20-33,37-39,48,55,60,62-63,69-70H,1,7-10,15,19,34-36,40-42H2. The average Bonchev–Trinajstić information content (AvgIpc) is 3.09. The molecule has 1 heterocycles. The molecule has 15 heteroatoms. The maximum absolute atomic E-state index is 15.6. The lowest BCUT2D eigenvalue weighted by Crippen LogP contribution is -2.70. The summed E-state index contributed by atoms with van der Waals surface area (Å²) < 4.78 is 21.6. The van der Waals surface area contributed by atoms with Crippen LogP contribution < -0.4 is 9.47 Å². The van der Waals surface area contributed by atoms with Crippen LogP contribution in [0.3, 0.4) is 0 Å². The Kier molecular flexibility index (Phi) is 16.7. The number of aliphatic hydroxyl groups is 2. The zero-order valence-electron chi connectivity index (χ0n) is 43.7. The summed E-state index contributed by atoms with van der Waals surface area (Å²) in [7, 11) is 0. The lowest BCUT2D eigenvalue weighted by Gasteiger charge is -2.60. The molecule has 0 bridgehead atoms. The molecule has 0 spiro atoms. The van der Waals surface area contributed by atoms with E-state index < -0.39 is 33.5 Å². The van der Waals surface area contributed by atoms with Crippen molar-refractivity contribution in [3.8, 4) is 17.2 Å². The van der Waals surface area contributed by atoms with E-state index in [1.54, 1.807) is 41.3 Å². The molecule has 0 saturated heterocycles. The zero-order valence-corrected chi connectivity index (χ0v) is 43.7. The summed E-state index contributed by atoms with van der Waals surface area (Å²) in [5, 5.41) is 52.5. The predicted octanol–water partition coefficient (Wildman–Crippen LogP) is 13.2. The largest absolute Gasteiger partial charge is 0.459 e. The third-order valence-electron chi connectivity index (χ3n) is 15.6. The highest BCUT2D eigenvalue weighted by Crippen LogP contribution is 2.62. The molecular formula is C64H62N4O11. The molecular weight excluding hydrogens is 1000 g/mol. The van der Waals surface area contributed by atoms with Crippen LogP contribution >= 0.6 is 0 Å². The van der Waals surface area contributed by atoms with Gasteiger partial charge in [0.25, 0.3) is 11.4 Å². The van der Waals surface area contributed by atoms with Crippen molar-refractivity contribution in [2.45, 2.75) is 75.8 Å². The lowest BCUT2D eigenvalue weighted by molar-refractivity contribution is -0.385. The summed E-state index contributed by atoms with van der Waals surface area (Å²) in [6.45, 7) is 4.29. The van der Waals surface area contributed by atoms with Crippen LogP contribution in [0.4, 0.5) is 11.4 Å². The van der Waals surface area contributed by atoms with Gasteiger partial charge in [-0.2, -0.15) is 0 Å². The summed E-state index contributed by atoms with van der Waals surface area (Å²) in [6.07, 6.45) is 11.2. The van der Waals surface area contributed by atoms with Gasteiger partial charge in [0, 0.05) is 68.0 Å². The molecule has 1 saturated carbocycles. The number of carbonyl (C=O) groups is 1. The second kappa shape index (κ2) is 24.4. The first-order chi connectivity index (χ1) is 38.6. The van der Waals surface area contributed by atoms with Crippen LogP contribution in [-0.4, -0.2) is 68.2 Å². The smallest absolute Gasteiger partial charge is 0.269 e. The maximum Gasteiger partial charge on any atom is 0.269 e. The zero-order chi connectivity index (χ0) is 54.9. The fourth-order valence-electron chi connectivity index (χ4n) is 11.9. The second-order valence-electron chi connectivity index (χ2n) is 20.4. The van der Waals surface area contributed by atoms with Crippen LogP contribution in [0.25, 0.3) is 27.6 Å². The summed E-state index contributed by atoms with van der Waals surface area (Å²) in [5.41, 5.74) is 4.23. The van der Waals surface area contributed by atoms with Gasteiger partial charge in [0.15, 0.2) is 0 Å². The molecule has 15 nitrogen and oxygen atoms in total. The number of oxime groups is 1. The number of ether oxygens (including phenoxy) is 3. The molecule has 1 fully saturated rings. The normalized spacial score (nSPS) is 20.7. The topological polar surface area (TPSA) is 196 Å². The van der Waals surface area contributed by atoms with Crippen LogP contribution in [0.5, 0.6) is 17.2 Å². The predicted molar refractivity (Wildman–Crippen MR) is 303 cm³/mol. The van der Waals surface area contributed by atoms with Crippen molar-refractivity contribution in [1.82, 2.24) is 4.90 Å². The van der Waals surface area contributed by atoms with Gasteiger partial charge in [0.2, 0.25) is 11.7 Å². The molecule has 1 aliphatic heterocycles. The van der Waals surface area contributed by atoms with Crippen LogP contribution in [0.1, 0.15) is 73.1 Å². The minimum absolute atomic E-state index is 0.0131. The van der Waals surface area contributed by atoms with Gasteiger partial charge in [-0.15, -0.1) is 6.58 Å². The van der Waals surface area contributed by atoms with Crippen molar-refractivity contribution < 1.29 is 43.9 Å².